The molecule has 3 atom stereocenters. The number of likely N-dealkylation sites (tertiary alicyclic amines) is 1. The van der Waals surface area contributed by atoms with Gasteiger partial charge in [-0.3, -0.25) is 9.59 Å². The average molecular weight is 388 g/mol. The van der Waals surface area contributed by atoms with Crippen molar-refractivity contribution >= 4 is 17.8 Å². The third-order valence-corrected chi connectivity index (χ3v) is 5.61. The number of nitrogens with zero attached hydrogens (tertiary/aromatic N) is 1. The van der Waals surface area contributed by atoms with Crippen LogP contribution in [-0.4, -0.2) is 60.1 Å². The first-order valence-corrected chi connectivity index (χ1v) is 9.92. The summed E-state index contributed by atoms with van der Waals surface area (Å²) in [6.45, 7) is 3.86. The van der Waals surface area contributed by atoms with Crippen LogP contribution in [0.4, 0.5) is 0 Å². The first-order chi connectivity index (χ1) is 13.5. The van der Waals surface area contributed by atoms with Crippen LogP contribution in [-0.2, 0) is 14.3 Å². The van der Waals surface area contributed by atoms with Crippen molar-refractivity contribution in [3.8, 4) is 0 Å². The standard InChI is InChI=1S/C21H28N2O5/c1-14-6-8-15(9-7-14)20(25)23-10-2-4-16(12-23)19(24)22-18(21(26)27)17-5-3-11-28-13-17/h6-9,16-18H,2-5,10-13H2,1H3,(H,22,24)(H,26,27). The van der Waals surface area contributed by atoms with Gasteiger partial charge < -0.3 is 20.1 Å². The van der Waals surface area contributed by atoms with Crippen molar-refractivity contribution in [2.45, 2.75) is 38.6 Å². The minimum atomic E-state index is -1.03. The molecule has 2 aliphatic rings. The summed E-state index contributed by atoms with van der Waals surface area (Å²) in [4.78, 5) is 38.9. The molecule has 2 N–H and O–H groups in total. The molecule has 0 aliphatic carbocycles. The summed E-state index contributed by atoms with van der Waals surface area (Å²) < 4.78 is 5.38. The molecule has 3 rings (SSSR count). The second kappa shape index (κ2) is 9.19. The number of rotatable bonds is 5. The third-order valence-electron chi connectivity index (χ3n) is 5.61. The Balaban J connectivity index is 1.62. The van der Waals surface area contributed by atoms with Gasteiger partial charge in [-0.05, 0) is 44.7 Å². The lowest BCUT2D eigenvalue weighted by molar-refractivity contribution is -0.146. The summed E-state index contributed by atoms with van der Waals surface area (Å²) in [6, 6.07) is 6.43. The van der Waals surface area contributed by atoms with E-state index in [9.17, 15) is 19.5 Å². The predicted molar refractivity (Wildman–Crippen MR) is 103 cm³/mol. The summed E-state index contributed by atoms with van der Waals surface area (Å²) >= 11 is 0. The largest absolute Gasteiger partial charge is 0.480 e. The number of hydrogen-bond acceptors (Lipinski definition) is 4. The number of nitrogens with one attached hydrogen (secondary N) is 1. The van der Waals surface area contributed by atoms with Gasteiger partial charge in [0.2, 0.25) is 5.91 Å². The van der Waals surface area contributed by atoms with Crippen molar-refractivity contribution in [2.24, 2.45) is 11.8 Å². The first kappa shape index (κ1) is 20.3. The number of hydrogen-bond donors (Lipinski definition) is 2. The molecule has 2 aliphatic heterocycles. The van der Waals surface area contributed by atoms with Crippen molar-refractivity contribution in [1.82, 2.24) is 10.2 Å². The van der Waals surface area contributed by atoms with E-state index in [0.29, 0.717) is 38.3 Å². The Morgan fingerprint density at radius 2 is 1.93 bits per heavy atom. The molecule has 2 heterocycles. The lowest BCUT2D eigenvalue weighted by atomic mass is 9.91. The van der Waals surface area contributed by atoms with Crippen LogP contribution in [0.15, 0.2) is 24.3 Å². The number of aliphatic carboxylic acids is 1. The topological polar surface area (TPSA) is 95.9 Å². The van der Waals surface area contributed by atoms with Gasteiger partial charge in [0.1, 0.15) is 6.04 Å². The van der Waals surface area contributed by atoms with E-state index < -0.39 is 17.9 Å². The van der Waals surface area contributed by atoms with E-state index in [0.717, 1.165) is 24.8 Å². The lowest BCUT2D eigenvalue weighted by Gasteiger charge is -2.34. The van der Waals surface area contributed by atoms with Crippen molar-refractivity contribution in [3.05, 3.63) is 35.4 Å². The van der Waals surface area contributed by atoms with Gasteiger partial charge in [-0.25, -0.2) is 4.79 Å². The van der Waals surface area contributed by atoms with Crippen LogP contribution in [0.5, 0.6) is 0 Å². The van der Waals surface area contributed by atoms with E-state index in [2.05, 4.69) is 5.32 Å². The van der Waals surface area contributed by atoms with Gasteiger partial charge in [0.05, 0.1) is 12.5 Å². The minimum absolute atomic E-state index is 0.0898. The molecule has 7 nitrogen and oxygen atoms in total. The number of carboxylic acid groups (broad SMARTS) is 1. The highest BCUT2D eigenvalue weighted by Crippen LogP contribution is 2.22. The Morgan fingerprint density at radius 3 is 2.57 bits per heavy atom. The van der Waals surface area contributed by atoms with Crippen molar-refractivity contribution in [3.63, 3.8) is 0 Å². The zero-order chi connectivity index (χ0) is 20.1. The quantitative estimate of drug-likeness (QED) is 0.802. The molecule has 7 heteroatoms. The van der Waals surface area contributed by atoms with Crippen molar-refractivity contribution in [2.75, 3.05) is 26.3 Å². The van der Waals surface area contributed by atoms with Crippen LogP contribution in [0.2, 0.25) is 0 Å². The number of carbonyl (C=O) groups excluding carboxylic acids is 2. The fourth-order valence-electron chi connectivity index (χ4n) is 3.94. The third kappa shape index (κ3) is 4.90. The predicted octanol–water partition coefficient (Wildman–Crippen LogP) is 1.84. The first-order valence-electron chi connectivity index (χ1n) is 9.92. The molecule has 28 heavy (non-hydrogen) atoms. The fraction of sp³-hybridized carbons (Fsp3) is 0.571. The summed E-state index contributed by atoms with van der Waals surface area (Å²) in [5.74, 6) is -2.03. The van der Waals surface area contributed by atoms with Gasteiger partial charge in [-0.2, -0.15) is 0 Å². The fourth-order valence-corrected chi connectivity index (χ4v) is 3.94. The molecule has 1 aromatic rings. The zero-order valence-electron chi connectivity index (χ0n) is 16.2. The molecule has 2 amide bonds. The highest BCUT2D eigenvalue weighted by atomic mass is 16.5. The molecule has 2 saturated heterocycles. The molecule has 0 spiro atoms. The second-order valence-corrected chi connectivity index (χ2v) is 7.76. The number of carbonyl (C=O) groups is 3. The summed E-state index contributed by atoms with van der Waals surface area (Å²) in [5.41, 5.74) is 1.69. The maximum Gasteiger partial charge on any atom is 0.326 e. The van der Waals surface area contributed by atoms with Crippen LogP contribution in [0, 0.1) is 18.8 Å². The SMILES string of the molecule is Cc1ccc(C(=O)N2CCCC(C(=O)NC(C(=O)O)C3CCCOC3)C2)cc1. The van der Waals surface area contributed by atoms with E-state index in [1.807, 2.05) is 19.1 Å². The van der Waals surface area contributed by atoms with E-state index in [4.69, 9.17) is 4.74 Å². The van der Waals surface area contributed by atoms with Gasteiger partial charge >= 0.3 is 5.97 Å². The van der Waals surface area contributed by atoms with Crippen molar-refractivity contribution < 1.29 is 24.2 Å². The molecule has 1 aromatic carbocycles. The number of carboxylic acids is 1. The Labute approximate surface area is 165 Å². The average Bonchev–Trinajstić information content (AvgIpc) is 2.72. The van der Waals surface area contributed by atoms with Crippen LogP contribution in [0.1, 0.15) is 41.6 Å². The second-order valence-electron chi connectivity index (χ2n) is 7.76. The van der Waals surface area contributed by atoms with Crippen LogP contribution in [0.25, 0.3) is 0 Å². The summed E-state index contributed by atoms with van der Waals surface area (Å²) in [6.07, 6.45) is 2.89. The molecule has 3 unspecified atom stereocenters. The normalized spacial score (nSPS) is 23.7. The van der Waals surface area contributed by atoms with Gasteiger partial charge in [0.15, 0.2) is 0 Å². The van der Waals surface area contributed by atoms with Gasteiger partial charge in [0, 0.05) is 31.2 Å². The van der Waals surface area contributed by atoms with E-state index >= 15 is 0 Å². The molecular weight excluding hydrogens is 360 g/mol. The number of ether oxygens (including phenoxy) is 1. The van der Waals surface area contributed by atoms with Crippen LogP contribution >= 0.6 is 0 Å². The van der Waals surface area contributed by atoms with E-state index in [-0.39, 0.29) is 17.7 Å². The number of amides is 2. The summed E-state index contributed by atoms with van der Waals surface area (Å²) in [7, 11) is 0. The maximum absolute atomic E-state index is 12.8. The Morgan fingerprint density at radius 1 is 1.18 bits per heavy atom. The number of benzene rings is 1. The monoisotopic (exact) mass is 388 g/mol. The Bertz CT molecular complexity index is 712. The molecule has 0 bridgehead atoms. The molecular formula is C21H28N2O5. The Hall–Kier alpha value is -2.41. The highest BCUT2D eigenvalue weighted by Gasteiger charge is 2.35. The molecule has 2 fully saturated rings. The minimum Gasteiger partial charge on any atom is -0.480 e. The molecule has 0 aromatic heterocycles. The zero-order valence-corrected chi connectivity index (χ0v) is 16.2. The van der Waals surface area contributed by atoms with E-state index in [1.165, 1.54) is 0 Å². The summed E-state index contributed by atoms with van der Waals surface area (Å²) in [5, 5.41) is 12.3. The van der Waals surface area contributed by atoms with Gasteiger partial charge in [0.25, 0.3) is 5.91 Å². The van der Waals surface area contributed by atoms with Crippen LogP contribution in [0.3, 0.4) is 0 Å². The number of aryl methyl sites for hydroxylation is 1. The van der Waals surface area contributed by atoms with Gasteiger partial charge in [-0.15, -0.1) is 0 Å². The van der Waals surface area contributed by atoms with E-state index in [1.54, 1.807) is 17.0 Å². The van der Waals surface area contributed by atoms with Gasteiger partial charge in [-0.1, -0.05) is 17.7 Å². The highest BCUT2D eigenvalue weighted by molar-refractivity contribution is 5.95. The molecule has 152 valence electrons. The smallest absolute Gasteiger partial charge is 0.326 e. The number of piperidine rings is 1. The maximum atomic E-state index is 12.8. The Kier molecular flexibility index (Phi) is 6.67. The van der Waals surface area contributed by atoms with Crippen molar-refractivity contribution in [1.29, 1.82) is 0 Å². The molecule has 0 radical (unpaired) electrons. The lowest BCUT2D eigenvalue weighted by Crippen LogP contribution is -2.52. The van der Waals surface area contributed by atoms with Crippen LogP contribution < -0.4 is 5.32 Å². The molecule has 0 saturated carbocycles.